The molecule has 1 saturated heterocycles. The third-order valence-corrected chi connectivity index (χ3v) is 6.34. The predicted molar refractivity (Wildman–Crippen MR) is 91.4 cm³/mol. The van der Waals surface area contributed by atoms with E-state index in [2.05, 4.69) is 24.0 Å². The van der Waals surface area contributed by atoms with Gasteiger partial charge in [0.15, 0.2) is 0 Å². The molecule has 116 valence electrons. The normalized spacial score (nSPS) is 34.5. The number of hydrogen-bond donors (Lipinski definition) is 1. The molecule has 0 radical (unpaired) electrons. The molecule has 21 heavy (non-hydrogen) atoms. The Hall–Kier alpha value is -0.540. The van der Waals surface area contributed by atoms with Crippen LogP contribution in [0.5, 0.6) is 5.75 Å². The Morgan fingerprint density at radius 1 is 1.29 bits per heavy atom. The van der Waals surface area contributed by atoms with E-state index in [-0.39, 0.29) is 17.0 Å². The Kier molecular flexibility index (Phi) is 4.08. The number of halogens is 1. The van der Waals surface area contributed by atoms with Crippen molar-refractivity contribution in [2.24, 2.45) is 5.92 Å². The van der Waals surface area contributed by atoms with E-state index < -0.39 is 0 Å². The summed E-state index contributed by atoms with van der Waals surface area (Å²) in [6.07, 6.45) is 7.96. The molecule has 1 saturated carbocycles. The smallest absolute Gasteiger partial charge is 0.115 e. The zero-order chi connectivity index (χ0) is 13.7. The van der Waals surface area contributed by atoms with Gasteiger partial charge in [-0.2, -0.15) is 0 Å². The first kappa shape index (κ1) is 15.4. The topological polar surface area (TPSA) is 23.5 Å². The summed E-state index contributed by atoms with van der Waals surface area (Å²) in [6.45, 7) is 4.74. The molecule has 0 amide bonds. The van der Waals surface area contributed by atoms with Crippen LogP contribution in [0, 0.1) is 5.92 Å². The van der Waals surface area contributed by atoms with Gasteiger partial charge in [-0.15, -0.1) is 17.0 Å². The lowest BCUT2D eigenvalue weighted by Gasteiger charge is -2.59. The Morgan fingerprint density at radius 3 is 2.95 bits per heavy atom. The molecule has 0 spiro atoms. The fourth-order valence-electron chi connectivity index (χ4n) is 5.47. The maximum Gasteiger partial charge on any atom is 0.115 e. The van der Waals surface area contributed by atoms with Crippen molar-refractivity contribution >= 4 is 17.0 Å². The van der Waals surface area contributed by atoms with E-state index >= 15 is 0 Å². The van der Waals surface area contributed by atoms with Crippen molar-refractivity contribution in [1.29, 1.82) is 0 Å². The van der Waals surface area contributed by atoms with Crippen molar-refractivity contribution in [3.63, 3.8) is 0 Å². The minimum absolute atomic E-state index is 0. The average molecular weight is 352 g/mol. The lowest BCUT2D eigenvalue weighted by molar-refractivity contribution is -0.00847. The molecule has 2 fully saturated rings. The van der Waals surface area contributed by atoms with Gasteiger partial charge in [-0.25, -0.2) is 0 Å². The van der Waals surface area contributed by atoms with Crippen LogP contribution in [0.25, 0.3) is 0 Å². The highest BCUT2D eigenvalue weighted by molar-refractivity contribution is 8.93. The summed E-state index contributed by atoms with van der Waals surface area (Å²) in [5, 5.41) is 9.96. The molecule has 1 aliphatic heterocycles. The van der Waals surface area contributed by atoms with Gasteiger partial charge >= 0.3 is 0 Å². The summed E-state index contributed by atoms with van der Waals surface area (Å²) in [5.41, 5.74) is 3.37. The van der Waals surface area contributed by atoms with Crippen LogP contribution in [0.4, 0.5) is 0 Å². The molecular formula is C18H26BrNO. The number of likely N-dealkylation sites (N-methyl/N-ethyl adjacent to an activating group) is 1. The van der Waals surface area contributed by atoms with Crippen LogP contribution in [-0.4, -0.2) is 29.1 Å². The highest BCUT2D eigenvalue weighted by Crippen LogP contribution is 2.56. The van der Waals surface area contributed by atoms with Gasteiger partial charge in [-0.1, -0.05) is 25.8 Å². The van der Waals surface area contributed by atoms with E-state index in [1.807, 2.05) is 6.07 Å². The standard InChI is InChI=1S/C18H25NO.BrH/c1-2-19-10-9-18-8-4-3-5-15(18)17(19)11-13-6-7-14(20)12-16(13)18;/h6-7,12,15,17,20H,2-5,8-11H2,1H3;1H/t15-,17+,18+;/m0./s1. The van der Waals surface area contributed by atoms with Crippen LogP contribution in [0.15, 0.2) is 18.2 Å². The number of phenolic OH excluding ortho intramolecular Hbond substituents is 1. The highest BCUT2D eigenvalue weighted by atomic mass is 79.9. The summed E-state index contributed by atoms with van der Waals surface area (Å²) in [7, 11) is 0. The molecule has 1 aromatic rings. The van der Waals surface area contributed by atoms with Crippen LogP contribution >= 0.6 is 17.0 Å². The fraction of sp³-hybridized carbons (Fsp3) is 0.667. The Morgan fingerprint density at radius 2 is 2.14 bits per heavy atom. The second-order valence-electron chi connectivity index (χ2n) is 7.00. The van der Waals surface area contributed by atoms with Crippen molar-refractivity contribution in [3.8, 4) is 5.75 Å². The van der Waals surface area contributed by atoms with Gasteiger partial charge in [-0.3, -0.25) is 4.90 Å². The zero-order valence-electron chi connectivity index (χ0n) is 12.8. The third-order valence-electron chi connectivity index (χ3n) is 6.34. The zero-order valence-corrected chi connectivity index (χ0v) is 14.6. The first-order valence-electron chi connectivity index (χ1n) is 8.31. The maximum atomic E-state index is 9.96. The van der Waals surface area contributed by atoms with Gasteiger partial charge in [0.1, 0.15) is 5.75 Å². The van der Waals surface area contributed by atoms with Gasteiger partial charge in [0, 0.05) is 11.5 Å². The van der Waals surface area contributed by atoms with Gasteiger partial charge in [0.25, 0.3) is 0 Å². The van der Waals surface area contributed by atoms with Crippen LogP contribution in [0.3, 0.4) is 0 Å². The van der Waals surface area contributed by atoms with Gasteiger partial charge in [0.05, 0.1) is 0 Å². The van der Waals surface area contributed by atoms with Crippen molar-refractivity contribution < 1.29 is 5.11 Å². The first-order valence-corrected chi connectivity index (χ1v) is 8.31. The van der Waals surface area contributed by atoms with E-state index in [4.69, 9.17) is 0 Å². The summed E-state index contributed by atoms with van der Waals surface area (Å²) < 4.78 is 0. The van der Waals surface area contributed by atoms with Crippen LogP contribution < -0.4 is 0 Å². The molecule has 1 N–H and O–H groups in total. The van der Waals surface area contributed by atoms with Crippen molar-refractivity contribution in [2.75, 3.05) is 13.1 Å². The van der Waals surface area contributed by atoms with Gasteiger partial charge in [-0.05, 0) is 68.0 Å². The SMILES string of the molecule is Br.CCN1CC[C@]23CCCC[C@H]2[C@H]1Cc1ccc(O)cc13. The second-order valence-corrected chi connectivity index (χ2v) is 7.00. The molecule has 2 bridgehead atoms. The summed E-state index contributed by atoms with van der Waals surface area (Å²) in [5.74, 6) is 1.28. The Balaban J connectivity index is 0.00000132. The number of piperidine rings is 1. The number of nitrogens with zero attached hydrogens (tertiary/aromatic N) is 1. The Labute approximate surface area is 138 Å². The monoisotopic (exact) mass is 351 g/mol. The average Bonchev–Trinajstić information content (AvgIpc) is 2.48. The van der Waals surface area contributed by atoms with Gasteiger partial charge < -0.3 is 5.11 Å². The number of hydrogen-bond acceptors (Lipinski definition) is 2. The molecule has 3 aliphatic rings. The molecule has 4 rings (SSSR count). The van der Waals surface area contributed by atoms with Crippen molar-refractivity contribution in [3.05, 3.63) is 29.3 Å². The van der Waals surface area contributed by atoms with E-state index in [1.54, 1.807) is 0 Å². The van der Waals surface area contributed by atoms with Gasteiger partial charge in [0.2, 0.25) is 0 Å². The quantitative estimate of drug-likeness (QED) is 0.824. The number of aromatic hydroxyl groups is 1. The Bertz CT molecular complexity index is 532. The highest BCUT2D eigenvalue weighted by Gasteiger charge is 2.53. The molecule has 2 nitrogen and oxygen atoms in total. The summed E-state index contributed by atoms with van der Waals surface area (Å²) in [6, 6.07) is 6.89. The number of rotatable bonds is 1. The molecular weight excluding hydrogens is 326 g/mol. The van der Waals surface area contributed by atoms with E-state index in [9.17, 15) is 5.11 Å². The fourth-order valence-corrected chi connectivity index (χ4v) is 5.47. The number of phenols is 1. The molecule has 3 heteroatoms. The van der Waals surface area contributed by atoms with Crippen LogP contribution in [0.2, 0.25) is 0 Å². The minimum Gasteiger partial charge on any atom is -0.508 e. The van der Waals surface area contributed by atoms with E-state index in [1.165, 1.54) is 62.7 Å². The minimum atomic E-state index is 0. The summed E-state index contributed by atoms with van der Waals surface area (Å²) in [4.78, 5) is 2.71. The number of fused-ring (bicyclic) bond motifs is 1. The summed E-state index contributed by atoms with van der Waals surface area (Å²) >= 11 is 0. The largest absolute Gasteiger partial charge is 0.508 e. The lowest BCUT2D eigenvalue weighted by Crippen LogP contribution is -2.60. The predicted octanol–water partition coefficient (Wildman–Crippen LogP) is 4.05. The first-order chi connectivity index (χ1) is 9.74. The lowest BCUT2D eigenvalue weighted by atomic mass is 9.52. The second kappa shape index (κ2) is 5.58. The van der Waals surface area contributed by atoms with E-state index in [0.29, 0.717) is 11.2 Å². The number of likely N-dealkylation sites (tertiary alicyclic amines) is 1. The molecule has 1 aromatic carbocycles. The molecule has 3 atom stereocenters. The third kappa shape index (κ3) is 2.16. The molecule has 0 unspecified atom stereocenters. The molecule has 1 heterocycles. The van der Waals surface area contributed by atoms with E-state index in [0.717, 1.165) is 12.0 Å². The van der Waals surface area contributed by atoms with Crippen LogP contribution in [-0.2, 0) is 11.8 Å². The van der Waals surface area contributed by atoms with Crippen LogP contribution in [0.1, 0.15) is 50.2 Å². The molecule has 2 aliphatic carbocycles. The molecule has 0 aromatic heterocycles. The van der Waals surface area contributed by atoms with Crippen molar-refractivity contribution in [2.45, 2.75) is 56.9 Å². The van der Waals surface area contributed by atoms with Crippen molar-refractivity contribution in [1.82, 2.24) is 4.90 Å². The maximum absolute atomic E-state index is 9.96. The number of benzene rings is 1.